The first kappa shape index (κ1) is 52.5. The second kappa shape index (κ2) is 25.8. The van der Waals surface area contributed by atoms with Crippen LogP contribution in [0.4, 0.5) is 14.2 Å². The van der Waals surface area contributed by atoms with Crippen molar-refractivity contribution in [3.8, 4) is 0 Å². The third-order valence-corrected chi connectivity index (χ3v) is 0. The summed E-state index contributed by atoms with van der Waals surface area (Å²) in [6.07, 6.45) is 0. The molecule has 0 aromatic heterocycles. The van der Waals surface area contributed by atoms with Gasteiger partial charge in [-0.1, -0.05) is 0 Å². The predicted molar refractivity (Wildman–Crippen MR) is 9.92 cm³/mol. The summed E-state index contributed by atoms with van der Waals surface area (Å²) < 4.78 is 142. The molecule has 132 valence electrons. The molecular formula is F4K4Mn4O12. The van der Waals surface area contributed by atoms with E-state index in [4.69, 9.17) is 47.4 Å². The van der Waals surface area contributed by atoms with E-state index < -0.39 is 54.0 Å². The van der Waals surface area contributed by atoms with Gasteiger partial charge in [0.05, 0.1) is 0 Å². The molecule has 0 bridgehead atoms. The van der Waals surface area contributed by atoms with Gasteiger partial charge in [0.1, 0.15) is 0 Å². The predicted octanol–water partition coefficient (Wildman–Crippen LogP) is -16.0. The molecule has 0 aliphatic carbocycles. The van der Waals surface area contributed by atoms with Crippen molar-refractivity contribution < 1.29 is 321 Å². The second-order valence-corrected chi connectivity index (χ2v) is 6.00. The fourth-order valence-electron chi connectivity index (χ4n) is 0. The molecule has 0 N–H and O–H groups in total. The van der Waals surface area contributed by atoms with Crippen LogP contribution in [0.2, 0.25) is 0 Å². The zero-order valence-electron chi connectivity index (χ0n) is 11.9. The molecule has 0 aliphatic rings. The number of rotatable bonds is 0. The van der Waals surface area contributed by atoms with E-state index in [0.29, 0.717) is 0 Å². The summed E-state index contributed by atoms with van der Waals surface area (Å²) >= 11 is -23.5. The average Bonchev–Trinajstić information content (AvgIpc) is 1.62. The molecule has 24 heteroatoms. The zero-order chi connectivity index (χ0) is 18.0. The van der Waals surface area contributed by atoms with Crippen molar-refractivity contribution in [3.63, 3.8) is 0 Å². The summed E-state index contributed by atoms with van der Waals surface area (Å²) in [5.74, 6) is 0. The van der Waals surface area contributed by atoms with E-state index in [1.165, 1.54) is 0 Å². The first-order valence-electron chi connectivity index (χ1n) is 2.42. The Morgan fingerprint density at radius 2 is 0.375 bits per heavy atom. The quantitative estimate of drug-likeness (QED) is 0.177. The van der Waals surface area contributed by atoms with Gasteiger partial charge in [-0.15, -0.1) is 0 Å². The molecule has 0 rings (SSSR count). The van der Waals surface area contributed by atoms with E-state index in [1.807, 2.05) is 0 Å². The van der Waals surface area contributed by atoms with E-state index in [-0.39, 0.29) is 206 Å². The van der Waals surface area contributed by atoms with Crippen LogP contribution in [-0.2, 0) is 84.6 Å². The minimum absolute atomic E-state index is 0. The van der Waals surface area contributed by atoms with E-state index in [0.717, 1.165) is 0 Å². The van der Waals surface area contributed by atoms with Gasteiger partial charge < -0.3 is 0 Å². The van der Waals surface area contributed by atoms with Crippen LogP contribution in [-0.4, -0.2) is 0 Å². The van der Waals surface area contributed by atoms with Crippen molar-refractivity contribution in [3.05, 3.63) is 0 Å². The normalized spacial score (nSPS) is 9.67. The molecule has 0 aromatic rings. The Balaban J connectivity index is -0.0000000225. The standard InChI is InChI=1S/4FH.4K.4Mn.12O/h4*1H;;;;;;;;;;;;;;;;;;;;/q;;;;8*+1;;;;;;;;;4*-1/p-4. The van der Waals surface area contributed by atoms with Gasteiger partial charge in [-0.05, 0) is 0 Å². The fraction of sp³-hybridized carbons (Fsp3) is 0. The molecule has 0 heterocycles. The van der Waals surface area contributed by atoms with Crippen molar-refractivity contribution in [2.45, 2.75) is 0 Å². The minimum atomic E-state index is -5.88. The van der Waals surface area contributed by atoms with Crippen LogP contribution in [0.1, 0.15) is 0 Å². The number of halogens is 4. The molecule has 0 spiro atoms. The number of hydrogen-bond acceptors (Lipinski definition) is 12. The summed E-state index contributed by atoms with van der Waals surface area (Å²) in [4.78, 5) is 0. The molecule has 0 saturated heterocycles. The van der Waals surface area contributed by atoms with Gasteiger partial charge >= 0.3 is 321 Å². The van der Waals surface area contributed by atoms with E-state index >= 15 is 0 Å². The van der Waals surface area contributed by atoms with E-state index in [9.17, 15) is 14.2 Å². The first-order valence-corrected chi connectivity index (χ1v) is 9.99. The van der Waals surface area contributed by atoms with Gasteiger partial charge in [-0.3, -0.25) is 0 Å². The van der Waals surface area contributed by atoms with Crippen molar-refractivity contribution >= 4 is 0 Å². The Morgan fingerprint density at radius 3 is 0.375 bits per heavy atom. The molecular weight excluding hydrogens is 644 g/mol. The molecule has 0 fully saturated rings. The van der Waals surface area contributed by atoms with Crippen LogP contribution in [0.5, 0.6) is 0 Å². The van der Waals surface area contributed by atoms with Gasteiger partial charge in [0.15, 0.2) is 0 Å². The monoisotopic (exact) mass is 644 g/mol. The molecule has 0 saturated carbocycles. The van der Waals surface area contributed by atoms with Crippen LogP contribution in [0, 0.1) is 0 Å². The summed E-state index contributed by atoms with van der Waals surface area (Å²) in [7, 11) is 0. The molecule has 0 aliphatic heterocycles. The maximum absolute atomic E-state index is 10.2. The molecule has 0 atom stereocenters. The topological polar surface area (TPSA) is 229 Å². The summed E-state index contributed by atoms with van der Waals surface area (Å²) in [5.41, 5.74) is 0. The van der Waals surface area contributed by atoms with Crippen LogP contribution < -0.4 is 222 Å². The van der Waals surface area contributed by atoms with Crippen LogP contribution >= 0.6 is 0 Å². The van der Waals surface area contributed by atoms with Crippen molar-refractivity contribution in [2.75, 3.05) is 0 Å². The van der Waals surface area contributed by atoms with E-state index in [2.05, 4.69) is 0 Å². The van der Waals surface area contributed by atoms with Crippen molar-refractivity contribution in [1.82, 2.24) is 0 Å². The maximum atomic E-state index is 10.2. The van der Waals surface area contributed by atoms with Crippen LogP contribution in [0.25, 0.3) is 0 Å². The van der Waals surface area contributed by atoms with Crippen molar-refractivity contribution in [2.24, 2.45) is 0 Å². The Kier molecular flexibility index (Phi) is 56.5. The Labute approximate surface area is 311 Å². The molecule has 24 heavy (non-hydrogen) atoms. The summed E-state index contributed by atoms with van der Waals surface area (Å²) in [6.45, 7) is 0. The fourth-order valence-corrected chi connectivity index (χ4v) is 0. The molecule has 12 nitrogen and oxygen atoms in total. The van der Waals surface area contributed by atoms with Gasteiger partial charge in [0, 0.05) is 0 Å². The SMILES string of the molecule is [K+].[K+].[K+].[K+].[O]=[Mn](=[O])([O-])[F].[O]=[Mn](=[O])([O-])[F].[O]=[Mn](=[O])([O-])[F].[O]=[Mn](=[O])([O-])[F]. The summed E-state index contributed by atoms with van der Waals surface area (Å²) in [6, 6.07) is 0. The summed E-state index contributed by atoms with van der Waals surface area (Å²) in [5, 5.41) is 0. The third-order valence-electron chi connectivity index (χ3n) is 0. The first-order chi connectivity index (χ1) is 8.00. The number of hydrogen-bond donors (Lipinski definition) is 0. The van der Waals surface area contributed by atoms with E-state index in [1.54, 1.807) is 0 Å². The van der Waals surface area contributed by atoms with Crippen molar-refractivity contribution in [1.29, 1.82) is 0 Å². The average molecular weight is 644 g/mol. The molecule has 0 unspecified atom stereocenters. The van der Waals surface area contributed by atoms with Gasteiger partial charge in [-0.25, -0.2) is 0 Å². The molecule has 0 radical (unpaired) electrons. The van der Waals surface area contributed by atoms with Gasteiger partial charge in [0.2, 0.25) is 0 Å². The van der Waals surface area contributed by atoms with Crippen LogP contribution in [0.15, 0.2) is 0 Å². The Morgan fingerprint density at radius 1 is 0.375 bits per heavy atom. The third kappa shape index (κ3) is 502. The van der Waals surface area contributed by atoms with Gasteiger partial charge in [-0.2, -0.15) is 0 Å². The van der Waals surface area contributed by atoms with Crippen LogP contribution in [0.3, 0.4) is 0 Å². The Bertz CT molecular complexity index is 496. The Hall–Kier alpha value is 6.58. The van der Waals surface area contributed by atoms with Gasteiger partial charge in [0.25, 0.3) is 0 Å². The molecule has 0 amide bonds. The zero-order valence-corrected chi connectivity index (χ0v) is 29.1. The molecule has 0 aromatic carbocycles. The second-order valence-electron chi connectivity index (χ2n) is 1.46.